The van der Waals surface area contributed by atoms with Crippen LogP contribution in [0.2, 0.25) is 0 Å². The van der Waals surface area contributed by atoms with E-state index < -0.39 is 6.61 Å². The summed E-state index contributed by atoms with van der Waals surface area (Å²) < 4.78 is 27.5. The van der Waals surface area contributed by atoms with Crippen molar-refractivity contribution in [1.29, 1.82) is 0 Å². The van der Waals surface area contributed by atoms with E-state index in [1.807, 2.05) is 0 Å². The number of Topliss-reactive ketones (excluding diaryl/α,β-unsaturated/α-hetero) is 1. The highest BCUT2D eigenvalue weighted by Crippen LogP contribution is 2.14. The minimum absolute atomic E-state index is 0.0556. The van der Waals surface area contributed by atoms with Crippen LogP contribution in [-0.2, 0) is 0 Å². The molecule has 0 N–H and O–H groups in total. The molecule has 0 saturated carbocycles. The van der Waals surface area contributed by atoms with Crippen molar-refractivity contribution < 1.29 is 18.3 Å². The molecule has 0 unspecified atom stereocenters. The molecular formula is C9H8BF2IO2. The van der Waals surface area contributed by atoms with Crippen molar-refractivity contribution in [3.63, 3.8) is 0 Å². The first-order chi connectivity index (χ1) is 7.09. The maximum Gasteiger partial charge on any atom is 0.387 e. The molecule has 0 saturated heterocycles. The van der Waals surface area contributed by atoms with Crippen LogP contribution in [0.4, 0.5) is 8.78 Å². The number of rotatable bonds is 3. The summed E-state index contributed by atoms with van der Waals surface area (Å²) in [5.74, 6) is -0.0522. The van der Waals surface area contributed by atoms with E-state index in [4.69, 9.17) is 0 Å². The highest BCUT2D eigenvalue weighted by molar-refractivity contribution is 14.1. The van der Waals surface area contributed by atoms with Crippen molar-refractivity contribution in [1.82, 2.24) is 0 Å². The number of carbonyl (C=O) groups excluding carboxylic acids is 1. The number of carbonyl (C=O) groups is 1. The van der Waals surface area contributed by atoms with Crippen LogP contribution in [0.25, 0.3) is 0 Å². The number of alkyl halides is 2. The fourth-order valence-electron chi connectivity index (χ4n) is 0.871. The first-order valence-electron chi connectivity index (χ1n) is 3.87. The summed E-state index contributed by atoms with van der Waals surface area (Å²) in [4.78, 5) is 10.8. The summed E-state index contributed by atoms with van der Waals surface area (Å²) >= 11 is 1.65. The number of ketones is 1. The second kappa shape index (κ2) is 7.61. The van der Waals surface area contributed by atoms with Crippen molar-refractivity contribution in [2.75, 3.05) is 0 Å². The van der Waals surface area contributed by atoms with E-state index in [9.17, 15) is 13.6 Å². The molecule has 0 aliphatic heterocycles. The summed E-state index contributed by atoms with van der Waals surface area (Å²) in [5.41, 5.74) is 4.94. The van der Waals surface area contributed by atoms with Gasteiger partial charge in [-0.2, -0.15) is 31.2 Å². The lowest BCUT2D eigenvalue weighted by atomic mass is 10.1. The maximum atomic E-state index is 11.7. The predicted molar refractivity (Wildman–Crippen MR) is 62.9 cm³/mol. The van der Waals surface area contributed by atoms with Gasteiger partial charge < -0.3 is 4.74 Å². The lowest BCUT2D eigenvalue weighted by molar-refractivity contribution is -0.0498. The second-order valence-electron chi connectivity index (χ2n) is 2.46. The maximum absolute atomic E-state index is 11.7. The Morgan fingerprint density at radius 3 is 2.13 bits per heavy atom. The fourth-order valence-corrected chi connectivity index (χ4v) is 0.871. The van der Waals surface area contributed by atoms with E-state index in [2.05, 4.69) is 10.4 Å². The summed E-state index contributed by atoms with van der Waals surface area (Å²) in [5, 5.41) is 0. The smallest absolute Gasteiger partial charge is 0.387 e. The van der Waals surface area contributed by atoms with Crippen molar-refractivity contribution >= 4 is 33.9 Å². The highest BCUT2D eigenvalue weighted by atomic mass is 127. The van der Waals surface area contributed by atoms with Crippen LogP contribution in [0.15, 0.2) is 24.3 Å². The normalized spacial score (nSPS) is 9.13. The number of benzene rings is 1. The molecule has 0 fully saturated rings. The van der Waals surface area contributed by atoms with Crippen LogP contribution < -0.4 is 4.74 Å². The number of hydrogen-bond donors (Lipinski definition) is 0. The molecule has 0 atom stereocenters. The molecule has 15 heavy (non-hydrogen) atoms. The molecule has 0 spiro atoms. The number of hydrogen-bond acceptors (Lipinski definition) is 2. The largest absolute Gasteiger partial charge is 0.435 e. The Bertz CT molecular complexity index is 303. The van der Waals surface area contributed by atoms with Gasteiger partial charge in [-0.05, 0) is 31.2 Å². The van der Waals surface area contributed by atoms with Crippen LogP contribution in [0.5, 0.6) is 5.75 Å². The van der Waals surface area contributed by atoms with E-state index >= 15 is 0 Å². The van der Waals surface area contributed by atoms with Crippen LogP contribution in [-0.4, -0.2) is 18.1 Å². The van der Waals surface area contributed by atoms with Crippen LogP contribution >= 0.6 is 22.4 Å². The Labute approximate surface area is 101 Å². The van der Waals surface area contributed by atoms with Gasteiger partial charge in [0.2, 0.25) is 0 Å². The predicted octanol–water partition coefficient (Wildman–Crippen LogP) is 3.00. The molecule has 2 radical (unpaired) electrons. The average Bonchev–Trinajstić information content (AvgIpc) is 2.20. The van der Waals surface area contributed by atoms with Crippen molar-refractivity contribution in [3.05, 3.63) is 29.8 Å². The topological polar surface area (TPSA) is 26.3 Å². The molecular weight excluding hydrogens is 316 g/mol. The molecule has 1 aromatic rings. The van der Waals surface area contributed by atoms with Gasteiger partial charge in [-0.1, -0.05) is 0 Å². The molecule has 0 amide bonds. The number of ether oxygens (including phenoxy) is 1. The zero-order valence-electron chi connectivity index (χ0n) is 7.91. The first kappa shape index (κ1) is 14.3. The Balaban J connectivity index is 0.000000921. The first-order valence-corrected chi connectivity index (χ1v) is 5.12. The molecule has 1 aromatic carbocycles. The van der Waals surface area contributed by atoms with Gasteiger partial charge in [0.05, 0.1) is 0 Å². The van der Waals surface area contributed by atoms with Crippen molar-refractivity contribution in [2.24, 2.45) is 0 Å². The van der Waals surface area contributed by atoms with Crippen LogP contribution in [0.1, 0.15) is 17.3 Å². The lowest BCUT2D eigenvalue weighted by Crippen LogP contribution is -2.02. The van der Waals surface area contributed by atoms with Crippen molar-refractivity contribution in [3.8, 4) is 5.75 Å². The quantitative estimate of drug-likeness (QED) is 0.485. The third-order valence-electron chi connectivity index (χ3n) is 1.49. The van der Waals surface area contributed by atoms with E-state index in [0.29, 0.717) is 5.56 Å². The third kappa shape index (κ3) is 5.71. The molecule has 80 valence electrons. The number of halogens is 3. The highest BCUT2D eigenvalue weighted by Gasteiger charge is 2.04. The van der Waals surface area contributed by atoms with E-state index in [1.165, 1.54) is 31.2 Å². The fraction of sp³-hybridized carbons (Fsp3) is 0.222. The zero-order chi connectivity index (χ0) is 11.8. The zero-order valence-corrected chi connectivity index (χ0v) is 10.1. The molecule has 0 bridgehead atoms. The van der Waals surface area contributed by atoms with Gasteiger partial charge in [-0.25, -0.2) is 0 Å². The Kier molecular flexibility index (Phi) is 7.28. The van der Waals surface area contributed by atoms with Crippen LogP contribution in [0.3, 0.4) is 0 Å². The minimum atomic E-state index is -2.83. The van der Waals surface area contributed by atoms with Gasteiger partial charge in [0, 0.05) is 5.56 Å². The molecule has 0 aliphatic carbocycles. The summed E-state index contributed by atoms with van der Waals surface area (Å²) in [6.07, 6.45) is 0. The van der Waals surface area contributed by atoms with Crippen molar-refractivity contribution in [2.45, 2.75) is 13.5 Å². The van der Waals surface area contributed by atoms with Gasteiger partial charge in [0.15, 0.2) is 11.5 Å². The van der Waals surface area contributed by atoms with Gasteiger partial charge >= 0.3 is 6.61 Å². The molecule has 0 aliphatic rings. The Morgan fingerprint density at radius 2 is 1.80 bits per heavy atom. The van der Waals surface area contributed by atoms with Gasteiger partial charge in [-0.3, -0.25) is 4.79 Å². The summed E-state index contributed by atoms with van der Waals surface area (Å²) in [7, 11) is 0. The van der Waals surface area contributed by atoms with E-state index in [1.54, 1.807) is 22.4 Å². The van der Waals surface area contributed by atoms with E-state index in [-0.39, 0.29) is 11.5 Å². The second-order valence-corrected chi connectivity index (χ2v) is 2.46. The molecule has 2 nitrogen and oxygen atoms in total. The summed E-state index contributed by atoms with van der Waals surface area (Å²) in [6.45, 7) is -1.42. The van der Waals surface area contributed by atoms with Gasteiger partial charge in [-0.15, -0.1) is 0 Å². The van der Waals surface area contributed by atoms with Gasteiger partial charge in [0.1, 0.15) is 5.75 Å². The molecule has 6 heteroatoms. The van der Waals surface area contributed by atoms with Crippen LogP contribution in [0, 0.1) is 0 Å². The molecule has 0 heterocycles. The summed E-state index contributed by atoms with van der Waals surface area (Å²) in [6, 6.07) is 5.56. The Hall–Kier alpha value is -0.655. The SMILES string of the molecule is CC(=O)c1ccc(OC(F)F)cc1.[B]I. The monoisotopic (exact) mass is 324 g/mol. The standard InChI is InChI=1S/C9H8F2O2.BI/c1-6(12)7-2-4-8(5-3-7)13-9(10)11;1-2/h2-5,9H,1H3;. The minimum Gasteiger partial charge on any atom is -0.435 e. The lowest BCUT2D eigenvalue weighted by Gasteiger charge is -2.03. The van der Waals surface area contributed by atoms with Gasteiger partial charge in [0.25, 0.3) is 0 Å². The average molecular weight is 324 g/mol. The third-order valence-corrected chi connectivity index (χ3v) is 1.49. The van der Waals surface area contributed by atoms with E-state index in [0.717, 1.165) is 0 Å². The molecule has 0 aromatic heterocycles. The Morgan fingerprint density at radius 1 is 1.33 bits per heavy atom. The molecule has 1 rings (SSSR count).